The molecule has 140 valence electrons. The Morgan fingerprint density at radius 2 is 1.42 bits per heavy atom. The van der Waals surface area contributed by atoms with Gasteiger partial charge in [0, 0.05) is 0 Å². The molecule has 0 amide bonds. The largest absolute Gasteiger partial charge is 0.464 e. The molecule has 0 rings (SSSR count). The van der Waals surface area contributed by atoms with Crippen LogP contribution in [0.2, 0.25) is 0 Å². The number of carbonyl (C=O) groups is 1. The third-order valence-corrected chi connectivity index (χ3v) is 4.18. The predicted molar refractivity (Wildman–Crippen MR) is 101 cm³/mol. The first-order chi connectivity index (χ1) is 11.8. The van der Waals surface area contributed by atoms with Crippen LogP contribution in [0, 0.1) is 4.91 Å². The van der Waals surface area contributed by atoms with Crippen LogP contribution >= 0.6 is 0 Å². The molecular formula is C20H37NO3. The highest BCUT2D eigenvalue weighted by Gasteiger charge is 2.19. The fraction of sp³-hybridized carbons (Fsp3) is 0.850. The lowest BCUT2D eigenvalue weighted by molar-refractivity contribution is -0.144. The number of carbonyl (C=O) groups excluding carboxylic acids is 1. The topological polar surface area (TPSA) is 55.7 Å². The van der Waals surface area contributed by atoms with Gasteiger partial charge in [-0.2, -0.15) is 0 Å². The van der Waals surface area contributed by atoms with Crippen LogP contribution in [-0.2, 0) is 9.53 Å². The summed E-state index contributed by atoms with van der Waals surface area (Å²) in [5, 5.41) is 2.87. The van der Waals surface area contributed by atoms with E-state index in [-0.39, 0.29) is 0 Å². The first kappa shape index (κ1) is 22.8. The van der Waals surface area contributed by atoms with Crippen molar-refractivity contribution < 1.29 is 9.53 Å². The van der Waals surface area contributed by atoms with Crippen LogP contribution in [0.15, 0.2) is 17.3 Å². The summed E-state index contributed by atoms with van der Waals surface area (Å²) in [6, 6.07) is -0.817. The minimum Gasteiger partial charge on any atom is -0.464 e. The highest BCUT2D eigenvalue weighted by molar-refractivity contribution is 5.75. The average molecular weight is 340 g/mol. The van der Waals surface area contributed by atoms with Crippen molar-refractivity contribution in [1.82, 2.24) is 0 Å². The van der Waals surface area contributed by atoms with Gasteiger partial charge in [0.1, 0.15) is 0 Å². The van der Waals surface area contributed by atoms with E-state index in [1.807, 2.05) is 0 Å². The van der Waals surface area contributed by atoms with E-state index in [9.17, 15) is 9.70 Å². The van der Waals surface area contributed by atoms with Crippen molar-refractivity contribution in [3.63, 3.8) is 0 Å². The first-order valence-corrected chi connectivity index (χ1v) is 9.90. The fourth-order valence-corrected chi connectivity index (χ4v) is 2.68. The lowest BCUT2D eigenvalue weighted by Crippen LogP contribution is -2.20. The molecule has 1 unspecified atom stereocenters. The van der Waals surface area contributed by atoms with E-state index in [1.165, 1.54) is 51.4 Å². The standard InChI is InChI=1S/C20H37NO3/c1-3-5-6-7-8-9-10-11-12-13-14-15-16-17-18-19(21-23)20(22)24-4-2/h11-12,19H,3-10,13-18H2,1-2H3. The Morgan fingerprint density at radius 3 is 1.96 bits per heavy atom. The summed E-state index contributed by atoms with van der Waals surface area (Å²) >= 11 is 0. The second-order valence-electron chi connectivity index (χ2n) is 6.39. The maximum atomic E-state index is 11.4. The molecule has 0 aromatic heterocycles. The minimum atomic E-state index is -0.817. The molecule has 0 aliphatic heterocycles. The van der Waals surface area contributed by atoms with Gasteiger partial charge in [-0.15, -0.1) is 4.91 Å². The highest BCUT2D eigenvalue weighted by Crippen LogP contribution is 2.12. The summed E-state index contributed by atoms with van der Waals surface area (Å²) in [6.45, 7) is 4.29. The Hall–Kier alpha value is -1.19. The molecule has 0 aliphatic rings. The van der Waals surface area contributed by atoms with Crippen molar-refractivity contribution in [3.05, 3.63) is 17.1 Å². The van der Waals surface area contributed by atoms with Gasteiger partial charge in [-0.1, -0.05) is 75.6 Å². The molecular weight excluding hydrogens is 302 g/mol. The normalized spacial score (nSPS) is 12.4. The molecule has 0 spiro atoms. The Balaban J connectivity index is 3.39. The zero-order valence-electron chi connectivity index (χ0n) is 15.8. The Bertz CT molecular complexity index is 329. The summed E-state index contributed by atoms with van der Waals surface area (Å²) in [5.41, 5.74) is 0. The number of hydrogen-bond acceptors (Lipinski definition) is 4. The monoisotopic (exact) mass is 339 g/mol. The van der Waals surface area contributed by atoms with Gasteiger partial charge in [-0.3, -0.25) is 0 Å². The molecule has 0 fully saturated rings. The molecule has 0 heterocycles. The maximum Gasteiger partial charge on any atom is 0.334 e. The number of nitrogens with zero attached hydrogens (tertiary/aromatic N) is 1. The van der Waals surface area contributed by atoms with Gasteiger partial charge in [0.2, 0.25) is 0 Å². The van der Waals surface area contributed by atoms with Gasteiger partial charge in [-0.05, 0) is 39.0 Å². The van der Waals surface area contributed by atoms with E-state index in [1.54, 1.807) is 6.92 Å². The van der Waals surface area contributed by atoms with Crippen LogP contribution in [0.4, 0.5) is 0 Å². The van der Waals surface area contributed by atoms with Crippen LogP contribution < -0.4 is 0 Å². The summed E-state index contributed by atoms with van der Waals surface area (Å²) in [4.78, 5) is 22.0. The van der Waals surface area contributed by atoms with E-state index in [4.69, 9.17) is 4.74 Å². The highest BCUT2D eigenvalue weighted by atomic mass is 16.5. The summed E-state index contributed by atoms with van der Waals surface area (Å²) in [6.07, 6.45) is 19.8. The van der Waals surface area contributed by atoms with Gasteiger partial charge in [-0.25, -0.2) is 4.79 Å². The third kappa shape index (κ3) is 14.4. The molecule has 1 atom stereocenters. The number of ether oxygens (including phenoxy) is 1. The van der Waals surface area contributed by atoms with Crippen molar-refractivity contribution in [2.75, 3.05) is 6.61 Å². The van der Waals surface area contributed by atoms with Gasteiger partial charge in [0.05, 0.1) is 6.61 Å². The van der Waals surface area contributed by atoms with Crippen molar-refractivity contribution in [1.29, 1.82) is 0 Å². The molecule has 0 saturated carbocycles. The fourth-order valence-electron chi connectivity index (χ4n) is 2.68. The Kier molecular flexibility index (Phi) is 17.3. The molecule has 0 aromatic carbocycles. The molecule has 4 heteroatoms. The van der Waals surface area contributed by atoms with Crippen molar-refractivity contribution in [3.8, 4) is 0 Å². The number of hydrogen-bond donors (Lipinski definition) is 0. The molecule has 4 nitrogen and oxygen atoms in total. The quantitative estimate of drug-likeness (QED) is 0.135. The van der Waals surface area contributed by atoms with Gasteiger partial charge in [0.15, 0.2) is 6.04 Å². The number of nitroso groups, excluding NO2 is 1. The van der Waals surface area contributed by atoms with Crippen LogP contribution in [-0.4, -0.2) is 18.6 Å². The van der Waals surface area contributed by atoms with E-state index in [0.29, 0.717) is 13.0 Å². The number of allylic oxidation sites excluding steroid dienone is 2. The number of esters is 1. The van der Waals surface area contributed by atoms with Crippen LogP contribution in [0.3, 0.4) is 0 Å². The molecule has 24 heavy (non-hydrogen) atoms. The lowest BCUT2D eigenvalue weighted by Gasteiger charge is -2.07. The zero-order valence-corrected chi connectivity index (χ0v) is 15.8. The predicted octanol–water partition coefficient (Wildman–Crippen LogP) is 6.33. The summed E-state index contributed by atoms with van der Waals surface area (Å²) < 4.78 is 4.82. The Labute approximate surface area is 148 Å². The maximum absolute atomic E-state index is 11.4. The Morgan fingerprint density at radius 1 is 0.875 bits per heavy atom. The molecule has 0 aliphatic carbocycles. The number of unbranched alkanes of at least 4 members (excludes halogenated alkanes) is 10. The number of rotatable bonds is 17. The minimum absolute atomic E-state index is 0.302. The lowest BCUT2D eigenvalue weighted by atomic mass is 10.1. The van der Waals surface area contributed by atoms with Crippen LogP contribution in [0.1, 0.15) is 97.3 Å². The first-order valence-electron chi connectivity index (χ1n) is 9.90. The summed E-state index contributed by atoms with van der Waals surface area (Å²) in [7, 11) is 0. The zero-order chi connectivity index (χ0) is 17.9. The van der Waals surface area contributed by atoms with Gasteiger partial charge < -0.3 is 4.74 Å². The summed E-state index contributed by atoms with van der Waals surface area (Å²) in [5.74, 6) is -0.481. The van der Waals surface area contributed by atoms with E-state index < -0.39 is 12.0 Å². The van der Waals surface area contributed by atoms with Crippen LogP contribution in [0.25, 0.3) is 0 Å². The van der Waals surface area contributed by atoms with Crippen molar-refractivity contribution in [2.45, 2.75) is 103 Å². The van der Waals surface area contributed by atoms with E-state index >= 15 is 0 Å². The van der Waals surface area contributed by atoms with Crippen LogP contribution in [0.5, 0.6) is 0 Å². The van der Waals surface area contributed by atoms with E-state index in [0.717, 1.165) is 25.7 Å². The van der Waals surface area contributed by atoms with Gasteiger partial charge in [0.25, 0.3) is 0 Å². The SMILES string of the molecule is CCCCCCCCC=CCCCCCCC(N=O)C(=O)OCC. The molecule has 0 saturated heterocycles. The second kappa shape index (κ2) is 18.2. The smallest absolute Gasteiger partial charge is 0.334 e. The molecule has 0 N–H and O–H groups in total. The average Bonchev–Trinajstić information content (AvgIpc) is 2.58. The molecule has 0 radical (unpaired) electrons. The molecule has 0 bridgehead atoms. The third-order valence-electron chi connectivity index (χ3n) is 4.18. The second-order valence-corrected chi connectivity index (χ2v) is 6.39. The van der Waals surface area contributed by atoms with Crippen molar-refractivity contribution >= 4 is 5.97 Å². The molecule has 0 aromatic rings. The van der Waals surface area contributed by atoms with Crippen molar-refractivity contribution in [2.24, 2.45) is 5.18 Å². The van der Waals surface area contributed by atoms with E-state index in [2.05, 4.69) is 24.3 Å². The van der Waals surface area contributed by atoms with Gasteiger partial charge >= 0.3 is 5.97 Å².